The highest BCUT2D eigenvalue weighted by molar-refractivity contribution is 7.18. The van der Waals surface area contributed by atoms with Crippen molar-refractivity contribution in [1.29, 1.82) is 0 Å². The van der Waals surface area contributed by atoms with Gasteiger partial charge in [-0.2, -0.15) is 0 Å². The molecule has 0 saturated carbocycles. The number of aromatic nitrogens is 2. The van der Waals surface area contributed by atoms with Crippen molar-refractivity contribution in [3.05, 3.63) is 48.0 Å². The van der Waals surface area contributed by atoms with E-state index in [-0.39, 0.29) is 0 Å². The molecule has 23 heavy (non-hydrogen) atoms. The molecule has 1 heterocycles. The molecule has 0 aliphatic carbocycles. The van der Waals surface area contributed by atoms with E-state index in [2.05, 4.69) is 34.6 Å². The summed E-state index contributed by atoms with van der Waals surface area (Å²) in [6.45, 7) is 2.06. The first-order chi connectivity index (χ1) is 11.2. The maximum Gasteiger partial charge on any atom is 0.210 e. The molecule has 2 aromatic carbocycles. The Morgan fingerprint density at radius 2 is 1.65 bits per heavy atom. The summed E-state index contributed by atoms with van der Waals surface area (Å²) in [7, 11) is 3.23. The van der Waals surface area contributed by atoms with E-state index in [1.54, 1.807) is 14.2 Å². The fourth-order valence-corrected chi connectivity index (χ4v) is 2.88. The number of methoxy groups -OCH3 is 2. The molecule has 3 rings (SSSR count). The Kier molecular flexibility index (Phi) is 4.43. The van der Waals surface area contributed by atoms with Gasteiger partial charge in [-0.05, 0) is 37.3 Å². The van der Waals surface area contributed by atoms with Crippen LogP contribution < -0.4 is 14.8 Å². The van der Waals surface area contributed by atoms with Crippen LogP contribution in [0.2, 0.25) is 0 Å². The third kappa shape index (κ3) is 3.43. The van der Waals surface area contributed by atoms with Crippen LogP contribution in [0.3, 0.4) is 0 Å². The van der Waals surface area contributed by atoms with E-state index >= 15 is 0 Å². The summed E-state index contributed by atoms with van der Waals surface area (Å²) in [5.74, 6) is 1.37. The smallest absolute Gasteiger partial charge is 0.210 e. The Hall–Kier alpha value is -2.60. The fourth-order valence-electron chi connectivity index (χ4n) is 2.12. The van der Waals surface area contributed by atoms with Crippen LogP contribution in [0, 0.1) is 6.92 Å². The molecule has 0 spiro atoms. The largest absolute Gasteiger partial charge is 0.493 e. The molecule has 1 N–H and O–H groups in total. The van der Waals surface area contributed by atoms with E-state index in [4.69, 9.17) is 9.47 Å². The van der Waals surface area contributed by atoms with Crippen LogP contribution in [0.1, 0.15) is 5.56 Å². The molecule has 0 fully saturated rings. The van der Waals surface area contributed by atoms with Crippen molar-refractivity contribution in [1.82, 2.24) is 10.2 Å². The Morgan fingerprint density at radius 3 is 2.35 bits per heavy atom. The van der Waals surface area contributed by atoms with Crippen molar-refractivity contribution in [3.8, 4) is 22.1 Å². The zero-order chi connectivity index (χ0) is 16.2. The monoisotopic (exact) mass is 327 g/mol. The van der Waals surface area contributed by atoms with E-state index in [9.17, 15) is 0 Å². The predicted octanol–water partition coefficient (Wildman–Crippen LogP) is 4.27. The first-order valence-electron chi connectivity index (χ1n) is 7.09. The zero-order valence-corrected chi connectivity index (χ0v) is 14.0. The minimum atomic E-state index is 0.674. The van der Waals surface area contributed by atoms with Crippen molar-refractivity contribution in [2.45, 2.75) is 6.92 Å². The molecule has 118 valence electrons. The Balaban J connectivity index is 1.82. The molecule has 5 nitrogen and oxygen atoms in total. The number of benzene rings is 2. The first kappa shape index (κ1) is 15.3. The van der Waals surface area contributed by atoms with E-state index in [1.807, 2.05) is 30.3 Å². The molecule has 6 heteroatoms. The zero-order valence-electron chi connectivity index (χ0n) is 13.2. The Bertz CT molecular complexity index is 800. The summed E-state index contributed by atoms with van der Waals surface area (Å²) in [5.41, 5.74) is 3.15. The molecule has 3 aromatic rings. The highest BCUT2D eigenvalue weighted by Crippen LogP contribution is 2.34. The lowest BCUT2D eigenvalue weighted by Gasteiger charge is -2.07. The fraction of sp³-hybridized carbons (Fsp3) is 0.176. The van der Waals surface area contributed by atoms with Crippen LogP contribution in [0.25, 0.3) is 10.6 Å². The molecule has 0 saturated heterocycles. The van der Waals surface area contributed by atoms with E-state index < -0.39 is 0 Å². The van der Waals surface area contributed by atoms with Gasteiger partial charge >= 0.3 is 0 Å². The van der Waals surface area contributed by atoms with Crippen LogP contribution in [0.5, 0.6) is 11.5 Å². The molecule has 0 atom stereocenters. The summed E-state index contributed by atoms with van der Waals surface area (Å²) in [6, 6.07) is 13.9. The van der Waals surface area contributed by atoms with E-state index in [0.29, 0.717) is 11.5 Å². The van der Waals surface area contributed by atoms with Crippen molar-refractivity contribution >= 4 is 22.2 Å². The number of ether oxygens (including phenoxy) is 2. The molecule has 0 unspecified atom stereocenters. The first-order valence-corrected chi connectivity index (χ1v) is 7.91. The van der Waals surface area contributed by atoms with Crippen molar-refractivity contribution < 1.29 is 9.47 Å². The third-order valence-electron chi connectivity index (χ3n) is 3.36. The minimum absolute atomic E-state index is 0.674. The normalized spacial score (nSPS) is 10.4. The maximum atomic E-state index is 5.33. The average molecular weight is 327 g/mol. The van der Waals surface area contributed by atoms with Gasteiger partial charge in [0.25, 0.3) is 0 Å². The standard InChI is InChI=1S/C17H17N3O2S/c1-11-4-7-13(8-5-11)18-17-20-19-16(23-17)12-6-9-14(21-2)15(10-12)22-3/h4-10H,1-3H3,(H,18,20). The molecule has 0 aliphatic rings. The number of rotatable bonds is 5. The van der Waals surface area contributed by atoms with Gasteiger partial charge < -0.3 is 14.8 Å². The number of aryl methyl sites for hydroxylation is 1. The van der Waals surface area contributed by atoms with Crippen LogP contribution >= 0.6 is 11.3 Å². The highest BCUT2D eigenvalue weighted by Gasteiger charge is 2.11. The second kappa shape index (κ2) is 6.66. The van der Waals surface area contributed by atoms with Gasteiger partial charge in [0.15, 0.2) is 11.5 Å². The molecular formula is C17H17N3O2S. The number of anilines is 2. The molecule has 0 aliphatic heterocycles. The minimum Gasteiger partial charge on any atom is -0.493 e. The quantitative estimate of drug-likeness (QED) is 0.758. The van der Waals surface area contributed by atoms with Crippen LogP contribution in [-0.2, 0) is 0 Å². The lowest BCUT2D eigenvalue weighted by molar-refractivity contribution is 0.355. The van der Waals surface area contributed by atoms with Crippen LogP contribution in [-0.4, -0.2) is 24.4 Å². The van der Waals surface area contributed by atoms with Gasteiger partial charge in [0.05, 0.1) is 14.2 Å². The predicted molar refractivity (Wildman–Crippen MR) is 92.9 cm³/mol. The molecule has 0 amide bonds. The summed E-state index contributed by atoms with van der Waals surface area (Å²) < 4.78 is 10.6. The summed E-state index contributed by atoms with van der Waals surface area (Å²) in [5, 5.41) is 13.3. The van der Waals surface area contributed by atoms with E-state index in [0.717, 1.165) is 21.4 Å². The third-order valence-corrected chi connectivity index (χ3v) is 4.25. The molecule has 0 radical (unpaired) electrons. The summed E-state index contributed by atoms with van der Waals surface area (Å²) in [6.07, 6.45) is 0. The lowest BCUT2D eigenvalue weighted by atomic mass is 10.2. The molecular weight excluding hydrogens is 310 g/mol. The number of hydrogen-bond donors (Lipinski definition) is 1. The van der Waals surface area contributed by atoms with Crippen LogP contribution in [0.4, 0.5) is 10.8 Å². The van der Waals surface area contributed by atoms with Gasteiger partial charge in [-0.3, -0.25) is 0 Å². The average Bonchev–Trinajstić information content (AvgIpc) is 3.05. The lowest BCUT2D eigenvalue weighted by Crippen LogP contribution is -1.90. The number of hydrogen-bond acceptors (Lipinski definition) is 6. The Labute approximate surface area is 138 Å². The summed E-state index contributed by atoms with van der Waals surface area (Å²) in [4.78, 5) is 0. The van der Waals surface area contributed by atoms with Crippen molar-refractivity contribution in [2.75, 3.05) is 19.5 Å². The second-order valence-corrected chi connectivity index (χ2v) is 5.95. The van der Waals surface area contributed by atoms with Gasteiger partial charge in [-0.25, -0.2) is 0 Å². The highest BCUT2D eigenvalue weighted by atomic mass is 32.1. The second-order valence-electron chi connectivity index (χ2n) is 4.97. The molecule has 0 bridgehead atoms. The molecule has 1 aromatic heterocycles. The number of nitrogens with one attached hydrogen (secondary N) is 1. The van der Waals surface area contributed by atoms with Crippen molar-refractivity contribution in [3.63, 3.8) is 0 Å². The van der Waals surface area contributed by atoms with Gasteiger partial charge in [-0.1, -0.05) is 29.0 Å². The maximum absolute atomic E-state index is 5.33. The van der Waals surface area contributed by atoms with Gasteiger partial charge in [0.2, 0.25) is 5.13 Å². The Morgan fingerprint density at radius 1 is 0.913 bits per heavy atom. The van der Waals surface area contributed by atoms with Crippen LogP contribution in [0.15, 0.2) is 42.5 Å². The van der Waals surface area contributed by atoms with Gasteiger partial charge in [-0.15, -0.1) is 10.2 Å². The van der Waals surface area contributed by atoms with Gasteiger partial charge in [0.1, 0.15) is 5.01 Å². The number of nitrogens with zero attached hydrogens (tertiary/aromatic N) is 2. The SMILES string of the molecule is COc1ccc(-c2nnc(Nc3ccc(C)cc3)s2)cc1OC. The van der Waals surface area contributed by atoms with E-state index in [1.165, 1.54) is 16.9 Å². The summed E-state index contributed by atoms with van der Waals surface area (Å²) >= 11 is 1.49. The topological polar surface area (TPSA) is 56.3 Å². The van der Waals surface area contributed by atoms with Gasteiger partial charge in [0, 0.05) is 11.3 Å². The van der Waals surface area contributed by atoms with Crippen molar-refractivity contribution in [2.24, 2.45) is 0 Å².